The molecule has 0 atom stereocenters. The smallest absolute Gasteiger partial charge is 0.224 e. The zero-order valence-corrected chi connectivity index (χ0v) is 16.0. The van der Waals surface area contributed by atoms with Crippen molar-refractivity contribution in [1.82, 2.24) is 4.90 Å². The van der Waals surface area contributed by atoms with Gasteiger partial charge in [0.1, 0.15) is 5.82 Å². The van der Waals surface area contributed by atoms with Crippen LogP contribution in [0.1, 0.15) is 30.9 Å². The fourth-order valence-corrected chi connectivity index (χ4v) is 3.78. The van der Waals surface area contributed by atoms with Crippen molar-refractivity contribution in [2.45, 2.75) is 39.3 Å². The highest BCUT2D eigenvalue weighted by atomic mass is 35.5. The summed E-state index contributed by atoms with van der Waals surface area (Å²) in [6.07, 6.45) is 1.72. The molecule has 26 heavy (non-hydrogen) atoms. The van der Waals surface area contributed by atoms with Crippen molar-refractivity contribution in [3.05, 3.63) is 64.4 Å². The molecule has 0 N–H and O–H groups in total. The van der Waals surface area contributed by atoms with E-state index in [1.807, 2.05) is 30.3 Å². The lowest BCUT2D eigenvalue weighted by Crippen LogP contribution is -2.46. The number of nitrogens with zero attached hydrogens (tertiary/aromatic N) is 2. The standard InChI is InChI=1S/C21H24ClFN2O/c1-15-7-8-19(13-21(15)23)25(16(2)26)18-9-11-24(12-10-18)14-17-5-3-4-6-20(17)22/h3-8,13,18H,9-12,14H2,1-2H3. The highest BCUT2D eigenvalue weighted by Gasteiger charge is 2.28. The Morgan fingerprint density at radius 3 is 2.54 bits per heavy atom. The first-order valence-corrected chi connectivity index (χ1v) is 9.35. The van der Waals surface area contributed by atoms with Gasteiger partial charge >= 0.3 is 0 Å². The van der Waals surface area contributed by atoms with Crippen molar-refractivity contribution in [2.75, 3.05) is 18.0 Å². The molecule has 1 aliphatic rings. The van der Waals surface area contributed by atoms with Gasteiger partial charge in [-0.15, -0.1) is 0 Å². The molecule has 1 aliphatic heterocycles. The maximum Gasteiger partial charge on any atom is 0.224 e. The van der Waals surface area contributed by atoms with Crippen LogP contribution < -0.4 is 4.90 Å². The highest BCUT2D eigenvalue weighted by Crippen LogP contribution is 2.27. The van der Waals surface area contributed by atoms with Crippen LogP contribution in [0, 0.1) is 12.7 Å². The number of likely N-dealkylation sites (tertiary alicyclic amines) is 1. The highest BCUT2D eigenvalue weighted by molar-refractivity contribution is 6.31. The molecule has 3 nitrogen and oxygen atoms in total. The maximum atomic E-state index is 14.0. The van der Waals surface area contributed by atoms with Gasteiger partial charge in [-0.25, -0.2) is 4.39 Å². The predicted octanol–water partition coefficient (Wildman–Crippen LogP) is 4.81. The van der Waals surface area contributed by atoms with Crippen molar-refractivity contribution < 1.29 is 9.18 Å². The lowest BCUT2D eigenvalue weighted by atomic mass is 10.0. The van der Waals surface area contributed by atoms with Gasteiger partial charge in [0.05, 0.1) is 0 Å². The van der Waals surface area contributed by atoms with Crippen LogP contribution in [0.25, 0.3) is 0 Å². The van der Waals surface area contributed by atoms with E-state index in [9.17, 15) is 9.18 Å². The molecule has 2 aromatic carbocycles. The van der Waals surface area contributed by atoms with E-state index in [0.717, 1.165) is 43.1 Å². The summed E-state index contributed by atoms with van der Waals surface area (Å²) >= 11 is 6.26. The minimum absolute atomic E-state index is 0.0437. The molecular formula is C21H24ClFN2O. The Morgan fingerprint density at radius 2 is 1.92 bits per heavy atom. The third kappa shape index (κ3) is 4.25. The summed E-state index contributed by atoms with van der Waals surface area (Å²) < 4.78 is 14.0. The first-order valence-electron chi connectivity index (χ1n) is 8.97. The third-order valence-corrected chi connectivity index (χ3v) is 5.42. The molecule has 0 spiro atoms. The van der Waals surface area contributed by atoms with Gasteiger partial charge in [-0.3, -0.25) is 9.69 Å². The summed E-state index contributed by atoms with van der Waals surface area (Å²) in [6, 6.07) is 13.0. The Kier molecular flexibility index (Phi) is 5.94. The number of piperidine rings is 1. The van der Waals surface area contributed by atoms with E-state index >= 15 is 0 Å². The van der Waals surface area contributed by atoms with Gasteiger partial charge in [-0.2, -0.15) is 0 Å². The molecule has 3 rings (SSSR count). The molecule has 0 aromatic heterocycles. The van der Waals surface area contributed by atoms with Gasteiger partial charge in [-0.05, 0) is 49.1 Å². The zero-order chi connectivity index (χ0) is 18.7. The molecule has 0 bridgehead atoms. The number of benzene rings is 2. The van der Waals surface area contributed by atoms with Crippen LogP contribution in [0.4, 0.5) is 10.1 Å². The van der Waals surface area contributed by atoms with E-state index < -0.39 is 0 Å². The topological polar surface area (TPSA) is 23.6 Å². The average molecular weight is 375 g/mol. The zero-order valence-electron chi connectivity index (χ0n) is 15.2. The number of carbonyl (C=O) groups is 1. The van der Waals surface area contributed by atoms with Crippen molar-refractivity contribution in [3.8, 4) is 0 Å². The third-order valence-electron chi connectivity index (χ3n) is 5.05. The number of aryl methyl sites for hydroxylation is 1. The first-order chi connectivity index (χ1) is 12.5. The van der Waals surface area contributed by atoms with E-state index in [0.29, 0.717) is 11.3 Å². The molecule has 0 radical (unpaired) electrons. The summed E-state index contributed by atoms with van der Waals surface area (Å²) in [5, 5.41) is 0.787. The van der Waals surface area contributed by atoms with E-state index in [4.69, 9.17) is 11.6 Å². The number of halogens is 2. The number of hydrogen-bond donors (Lipinski definition) is 0. The van der Waals surface area contributed by atoms with Crippen LogP contribution in [-0.4, -0.2) is 29.9 Å². The normalized spacial score (nSPS) is 15.8. The van der Waals surface area contributed by atoms with Crippen LogP contribution in [0.3, 0.4) is 0 Å². The minimum atomic E-state index is -0.273. The number of anilines is 1. The van der Waals surface area contributed by atoms with E-state index in [-0.39, 0.29) is 17.8 Å². The van der Waals surface area contributed by atoms with Crippen molar-refractivity contribution in [2.24, 2.45) is 0 Å². The van der Waals surface area contributed by atoms with Gasteiger partial charge in [0.15, 0.2) is 0 Å². The molecule has 1 heterocycles. The molecule has 5 heteroatoms. The van der Waals surface area contributed by atoms with Crippen molar-refractivity contribution in [1.29, 1.82) is 0 Å². The fraction of sp³-hybridized carbons (Fsp3) is 0.381. The molecule has 1 saturated heterocycles. The first kappa shape index (κ1) is 18.9. The van der Waals surface area contributed by atoms with Gasteiger partial charge in [0.25, 0.3) is 0 Å². The lowest BCUT2D eigenvalue weighted by molar-refractivity contribution is -0.117. The van der Waals surface area contributed by atoms with Crippen molar-refractivity contribution >= 4 is 23.2 Å². The number of rotatable bonds is 4. The second kappa shape index (κ2) is 8.19. The molecule has 138 valence electrons. The summed E-state index contributed by atoms with van der Waals surface area (Å²) in [5.41, 5.74) is 2.36. The van der Waals surface area contributed by atoms with Crippen LogP contribution in [0.5, 0.6) is 0 Å². The molecule has 0 aliphatic carbocycles. The molecule has 2 aromatic rings. The van der Waals surface area contributed by atoms with E-state index in [2.05, 4.69) is 4.90 Å². The summed E-state index contributed by atoms with van der Waals surface area (Å²) in [6.45, 7) is 5.85. The number of carbonyl (C=O) groups excluding carboxylic acids is 1. The fourth-order valence-electron chi connectivity index (χ4n) is 3.58. The minimum Gasteiger partial charge on any atom is -0.309 e. The second-order valence-electron chi connectivity index (χ2n) is 6.92. The van der Waals surface area contributed by atoms with Crippen LogP contribution in [0.2, 0.25) is 5.02 Å². The largest absolute Gasteiger partial charge is 0.309 e. The number of amides is 1. The van der Waals surface area contributed by atoms with E-state index in [1.165, 1.54) is 6.07 Å². The summed E-state index contributed by atoms with van der Waals surface area (Å²) in [5.74, 6) is -0.317. The van der Waals surface area contributed by atoms with E-state index in [1.54, 1.807) is 24.8 Å². The molecular weight excluding hydrogens is 351 g/mol. The molecule has 0 saturated carbocycles. The maximum absolute atomic E-state index is 14.0. The quantitative estimate of drug-likeness (QED) is 0.767. The Bertz CT molecular complexity index is 787. The van der Waals surface area contributed by atoms with Gasteiger partial charge < -0.3 is 4.90 Å². The lowest BCUT2D eigenvalue weighted by Gasteiger charge is -2.38. The van der Waals surface area contributed by atoms with Crippen LogP contribution >= 0.6 is 11.6 Å². The van der Waals surface area contributed by atoms with Gasteiger partial charge in [0, 0.05) is 43.3 Å². The van der Waals surface area contributed by atoms with Gasteiger partial charge in [0.2, 0.25) is 5.91 Å². The molecule has 0 unspecified atom stereocenters. The van der Waals surface area contributed by atoms with Crippen LogP contribution in [-0.2, 0) is 11.3 Å². The monoisotopic (exact) mass is 374 g/mol. The summed E-state index contributed by atoms with van der Waals surface area (Å²) in [7, 11) is 0. The van der Waals surface area contributed by atoms with Crippen molar-refractivity contribution in [3.63, 3.8) is 0 Å². The Balaban J connectivity index is 1.67. The SMILES string of the molecule is CC(=O)N(c1ccc(C)c(F)c1)C1CCN(Cc2ccccc2Cl)CC1. The van der Waals surface area contributed by atoms with Crippen LogP contribution in [0.15, 0.2) is 42.5 Å². The number of hydrogen-bond acceptors (Lipinski definition) is 2. The Morgan fingerprint density at radius 1 is 1.23 bits per heavy atom. The Hall–Kier alpha value is -1.91. The average Bonchev–Trinajstić information content (AvgIpc) is 2.61. The summed E-state index contributed by atoms with van der Waals surface area (Å²) in [4.78, 5) is 16.3. The molecule has 1 amide bonds. The predicted molar refractivity (Wildman–Crippen MR) is 104 cm³/mol. The van der Waals surface area contributed by atoms with Gasteiger partial charge in [-0.1, -0.05) is 35.9 Å². The second-order valence-corrected chi connectivity index (χ2v) is 7.33. The Labute approximate surface area is 159 Å². The molecule has 1 fully saturated rings.